The first-order chi connectivity index (χ1) is 10.2. The van der Waals surface area contributed by atoms with Gasteiger partial charge in [0.05, 0.1) is 13.2 Å². The smallest absolute Gasteiger partial charge is 0.202 e. The van der Waals surface area contributed by atoms with Gasteiger partial charge in [0.15, 0.2) is 6.67 Å². The molecule has 6 heteroatoms. The van der Waals surface area contributed by atoms with Crippen LogP contribution in [0.3, 0.4) is 0 Å². The highest BCUT2D eigenvalue weighted by molar-refractivity contribution is 7.71. The minimum absolute atomic E-state index is 0.792. The Morgan fingerprint density at radius 2 is 1.95 bits per heavy atom. The second kappa shape index (κ2) is 6.51. The molecular formula is C15H21N4OS+. The van der Waals surface area contributed by atoms with Crippen LogP contribution in [-0.4, -0.2) is 40.7 Å². The van der Waals surface area contributed by atoms with Crippen molar-refractivity contribution in [2.24, 2.45) is 7.05 Å². The van der Waals surface area contributed by atoms with Crippen LogP contribution >= 0.6 is 12.2 Å². The molecule has 21 heavy (non-hydrogen) atoms. The second-order valence-corrected chi connectivity index (χ2v) is 5.81. The summed E-state index contributed by atoms with van der Waals surface area (Å²) in [5, 5.41) is 4.71. The molecule has 1 aliphatic heterocycles. The molecule has 0 aliphatic carbocycles. The Kier molecular flexibility index (Phi) is 4.48. The summed E-state index contributed by atoms with van der Waals surface area (Å²) in [6.45, 7) is 4.52. The SMILES string of the molecule is Cn1c(Cc2ccccc2)nn(C[NH+]2CCOCC2)c1=S. The number of morpholine rings is 1. The third-order valence-electron chi connectivity index (χ3n) is 3.91. The van der Waals surface area contributed by atoms with Gasteiger partial charge < -0.3 is 14.2 Å². The summed E-state index contributed by atoms with van der Waals surface area (Å²) in [6, 6.07) is 10.4. The van der Waals surface area contributed by atoms with E-state index in [1.54, 1.807) is 0 Å². The third-order valence-corrected chi connectivity index (χ3v) is 4.39. The highest BCUT2D eigenvalue weighted by atomic mass is 32.1. The Hall–Kier alpha value is -1.50. The van der Waals surface area contributed by atoms with E-state index in [1.165, 1.54) is 10.5 Å². The molecule has 0 amide bonds. The number of ether oxygens (including phenoxy) is 1. The molecule has 0 saturated carbocycles. The van der Waals surface area contributed by atoms with Gasteiger partial charge >= 0.3 is 0 Å². The lowest BCUT2D eigenvalue weighted by Crippen LogP contribution is -3.13. The molecule has 0 radical (unpaired) electrons. The van der Waals surface area contributed by atoms with E-state index in [4.69, 9.17) is 22.1 Å². The molecule has 0 spiro atoms. The van der Waals surface area contributed by atoms with E-state index in [1.807, 2.05) is 22.4 Å². The second-order valence-electron chi connectivity index (χ2n) is 5.44. The van der Waals surface area contributed by atoms with Gasteiger partial charge in [0.25, 0.3) is 0 Å². The highest BCUT2D eigenvalue weighted by Crippen LogP contribution is 2.07. The van der Waals surface area contributed by atoms with E-state index >= 15 is 0 Å². The molecular weight excluding hydrogens is 284 g/mol. The van der Waals surface area contributed by atoms with Crippen LogP contribution in [0.2, 0.25) is 0 Å². The van der Waals surface area contributed by atoms with Gasteiger partial charge in [-0.15, -0.1) is 0 Å². The monoisotopic (exact) mass is 305 g/mol. The van der Waals surface area contributed by atoms with Crippen molar-refractivity contribution < 1.29 is 9.64 Å². The maximum atomic E-state index is 5.52. The minimum Gasteiger partial charge on any atom is -0.370 e. The lowest BCUT2D eigenvalue weighted by Gasteiger charge is -2.23. The number of aromatic nitrogens is 3. The predicted octanol–water partition coefficient (Wildman–Crippen LogP) is 0.414. The standard InChI is InChI=1S/C15H20N4OS/c1-17-14(11-13-5-3-2-4-6-13)16-19(15(17)21)12-18-7-9-20-10-8-18/h2-6H,7-12H2,1H3/p+1. The number of benzene rings is 1. The summed E-state index contributed by atoms with van der Waals surface area (Å²) < 4.78 is 10.2. The molecule has 1 aliphatic rings. The van der Waals surface area contributed by atoms with E-state index in [2.05, 4.69) is 24.3 Å². The lowest BCUT2D eigenvalue weighted by atomic mass is 10.1. The number of nitrogens with zero attached hydrogens (tertiary/aromatic N) is 3. The van der Waals surface area contributed by atoms with Crippen LogP contribution in [0.1, 0.15) is 11.4 Å². The predicted molar refractivity (Wildman–Crippen MR) is 82.8 cm³/mol. The number of rotatable bonds is 4. The summed E-state index contributed by atoms with van der Waals surface area (Å²) in [4.78, 5) is 1.47. The Morgan fingerprint density at radius 1 is 1.24 bits per heavy atom. The van der Waals surface area contributed by atoms with Gasteiger partial charge in [-0.1, -0.05) is 30.3 Å². The first kappa shape index (κ1) is 14.4. The topological polar surface area (TPSA) is 36.4 Å². The average Bonchev–Trinajstić information content (AvgIpc) is 2.78. The summed E-state index contributed by atoms with van der Waals surface area (Å²) in [5.41, 5.74) is 1.26. The van der Waals surface area contributed by atoms with Crippen molar-refractivity contribution in [1.82, 2.24) is 14.3 Å². The van der Waals surface area contributed by atoms with E-state index in [-0.39, 0.29) is 0 Å². The highest BCUT2D eigenvalue weighted by Gasteiger charge is 2.17. The minimum atomic E-state index is 0.792. The molecule has 1 saturated heterocycles. The van der Waals surface area contributed by atoms with Crippen molar-refractivity contribution >= 4 is 12.2 Å². The molecule has 5 nitrogen and oxygen atoms in total. The molecule has 0 atom stereocenters. The summed E-state index contributed by atoms with van der Waals surface area (Å²) in [7, 11) is 2.00. The molecule has 3 rings (SSSR count). The maximum Gasteiger partial charge on any atom is 0.202 e. The van der Waals surface area contributed by atoms with Crippen LogP contribution in [-0.2, 0) is 24.9 Å². The average molecular weight is 305 g/mol. The zero-order valence-corrected chi connectivity index (χ0v) is 13.1. The Labute approximate surface area is 129 Å². The zero-order chi connectivity index (χ0) is 14.7. The van der Waals surface area contributed by atoms with Crippen molar-refractivity contribution in [3.05, 3.63) is 46.5 Å². The number of quaternary nitrogens is 1. The van der Waals surface area contributed by atoms with Crippen molar-refractivity contribution in [2.45, 2.75) is 13.1 Å². The van der Waals surface area contributed by atoms with Gasteiger partial charge in [0, 0.05) is 13.5 Å². The number of nitrogens with one attached hydrogen (secondary N) is 1. The van der Waals surface area contributed by atoms with Gasteiger partial charge in [-0.05, 0) is 17.8 Å². The summed E-state index contributed by atoms with van der Waals surface area (Å²) in [5.74, 6) is 1.01. The van der Waals surface area contributed by atoms with Crippen LogP contribution < -0.4 is 4.90 Å². The largest absolute Gasteiger partial charge is 0.370 e. The van der Waals surface area contributed by atoms with Gasteiger partial charge in [0.2, 0.25) is 4.77 Å². The van der Waals surface area contributed by atoms with Crippen LogP contribution in [0.4, 0.5) is 0 Å². The molecule has 0 bridgehead atoms. The maximum absolute atomic E-state index is 5.52. The fraction of sp³-hybridized carbons (Fsp3) is 0.467. The van der Waals surface area contributed by atoms with Crippen LogP contribution in [0.15, 0.2) is 30.3 Å². The van der Waals surface area contributed by atoms with Crippen molar-refractivity contribution in [1.29, 1.82) is 0 Å². The summed E-state index contributed by atoms with van der Waals surface area (Å²) >= 11 is 5.52. The molecule has 2 aromatic rings. The fourth-order valence-corrected chi connectivity index (χ4v) is 2.81. The van der Waals surface area contributed by atoms with Crippen molar-refractivity contribution in [3.8, 4) is 0 Å². The number of hydrogen-bond donors (Lipinski definition) is 1. The Morgan fingerprint density at radius 3 is 2.67 bits per heavy atom. The zero-order valence-electron chi connectivity index (χ0n) is 12.3. The van der Waals surface area contributed by atoms with Crippen molar-refractivity contribution in [3.63, 3.8) is 0 Å². The van der Waals surface area contributed by atoms with Crippen molar-refractivity contribution in [2.75, 3.05) is 26.3 Å². The number of hydrogen-bond acceptors (Lipinski definition) is 3. The van der Waals surface area contributed by atoms with E-state index in [0.29, 0.717) is 0 Å². The van der Waals surface area contributed by atoms with Crippen LogP contribution in [0, 0.1) is 4.77 Å². The van der Waals surface area contributed by atoms with Gasteiger partial charge in [0.1, 0.15) is 18.9 Å². The molecule has 112 valence electrons. The van der Waals surface area contributed by atoms with Gasteiger partial charge in [-0.2, -0.15) is 9.78 Å². The third kappa shape index (κ3) is 3.40. The quantitative estimate of drug-likeness (QED) is 0.832. The molecule has 1 aromatic carbocycles. The summed E-state index contributed by atoms with van der Waals surface area (Å²) in [6.07, 6.45) is 0.812. The van der Waals surface area contributed by atoms with Crippen LogP contribution in [0.25, 0.3) is 0 Å². The normalized spacial score (nSPS) is 16.2. The molecule has 1 N–H and O–H groups in total. The Balaban J connectivity index is 1.77. The lowest BCUT2D eigenvalue weighted by molar-refractivity contribution is -0.930. The van der Waals surface area contributed by atoms with Gasteiger partial charge in [-0.25, -0.2) is 0 Å². The van der Waals surface area contributed by atoms with E-state index in [0.717, 1.165) is 50.0 Å². The molecule has 1 aromatic heterocycles. The Bertz CT molecular complexity index is 643. The molecule has 0 unspecified atom stereocenters. The van der Waals surface area contributed by atoms with E-state index in [9.17, 15) is 0 Å². The van der Waals surface area contributed by atoms with Crippen LogP contribution in [0.5, 0.6) is 0 Å². The first-order valence-electron chi connectivity index (χ1n) is 7.32. The van der Waals surface area contributed by atoms with Gasteiger partial charge in [-0.3, -0.25) is 0 Å². The fourth-order valence-electron chi connectivity index (χ4n) is 2.60. The van der Waals surface area contributed by atoms with E-state index < -0.39 is 0 Å². The molecule has 2 heterocycles. The molecule has 1 fully saturated rings. The first-order valence-corrected chi connectivity index (χ1v) is 7.73.